The van der Waals surface area contributed by atoms with E-state index in [4.69, 9.17) is 4.98 Å². The van der Waals surface area contributed by atoms with Gasteiger partial charge in [0, 0.05) is 25.5 Å². The van der Waals surface area contributed by atoms with Gasteiger partial charge in [-0.15, -0.1) is 11.3 Å². The van der Waals surface area contributed by atoms with Gasteiger partial charge in [-0.25, -0.2) is 9.97 Å². The van der Waals surface area contributed by atoms with Crippen LogP contribution in [0.4, 0.5) is 5.82 Å². The summed E-state index contributed by atoms with van der Waals surface area (Å²) >= 11 is 1.79. The van der Waals surface area contributed by atoms with Gasteiger partial charge in [0.2, 0.25) is 0 Å². The lowest BCUT2D eigenvalue weighted by Crippen LogP contribution is -2.43. The summed E-state index contributed by atoms with van der Waals surface area (Å²) in [5, 5.41) is 15.2. The molecule has 5 rings (SSSR count). The summed E-state index contributed by atoms with van der Waals surface area (Å²) in [5.74, 6) is 1.91. The van der Waals surface area contributed by atoms with Gasteiger partial charge in [0.15, 0.2) is 0 Å². The van der Waals surface area contributed by atoms with Crippen LogP contribution in [0, 0.1) is 11.8 Å². The molecule has 7 heteroatoms. The summed E-state index contributed by atoms with van der Waals surface area (Å²) < 4.78 is 1.26. The van der Waals surface area contributed by atoms with E-state index in [1.165, 1.54) is 9.71 Å². The van der Waals surface area contributed by atoms with Crippen molar-refractivity contribution in [2.75, 3.05) is 18.4 Å². The molecule has 4 atom stereocenters. The molecule has 0 bridgehead atoms. The molecule has 1 aromatic carbocycles. The van der Waals surface area contributed by atoms with Gasteiger partial charge in [-0.2, -0.15) is 0 Å². The Hall–Kier alpha value is -2.09. The van der Waals surface area contributed by atoms with Gasteiger partial charge in [-0.05, 0) is 36.8 Å². The molecular weight excluding hydrogens is 358 g/mol. The highest BCUT2D eigenvalue weighted by atomic mass is 32.1. The number of aliphatic hydroxyl groups is 1. The average Bonchev–Trinajstić information content (AvgIpc) is 3.25. The Kier molecular flexibility index (Phi) is 4.51. The van der Waals surface area contributed by atoms with Crippen molar-refractivity contribution in [3.8, 4) is 0 Å². The van der Waals surface area contributed by atoms with Gasteiger partial charge >= 0.3 is 0 Å². The van der Waals surface area contributed by atoms with E-state index in [9.17, 15) is 5.11 Å². The van der Waals surface area contributed by atoms with Gasteiger partial charge in [0.05, 0.1) is 35.1 Å². The molecule has 27 heavy (non-hydrogen) atoms. The van der Waals surface area contributed by atoms with Crippen LogP contribution in [0.5, 0.6) is 0 Å². The van der Waals surface area contributed by atoms with E-state index in [0.717, 1.165) is 43.8 Å². The quantitative estimate of drug-likeness (QED) is 0.724. The number of likely N-dealkylation sites (tertiary alicyclic amines) is 1. The van der Waals surface area contributed by atoms with E-state index in [1.807, 2.05) is 6.07 Å². The molecule has 2 aromatic heterocycles. The van der Waals surface area contributed by atoms with Crippen molar-refractivity contribution in [3.05, 3.63) is 47.9 Å². The van der Waals surface area contributed by atoms with E-state index in [0.29, 0.717) is 11.8 Å². The highest BCUT2D eigenvalue weighted by molar-refractivity contribution is 7.18. The van der Waals surface area contributed by atoms with Crippen LogP contribution < -0.4 is 5.32 Å². The minimum atomic E-state index is -0.337. The number of hydrogen-bond acceptors (Lipinski definition) is 7. The fraction of sp³-hybridized carbons (Fsp3) is 0.450. The number of fused-ring (bicyclic) bond motifs is 2. The van der Waals surface area contributed by atoms with Crippen molar-refractivity contribution >= 4 is 27.4 Å². The van der Waals surface area contributed by atoms with E-state index in [2.05, 4.69) is 38.4 Å². The first-order valence-electron chi connectivity index (χ1n) is 9.52. The maximum absolute atomic E-state index is 10.6. The van der Waals surface area contributed by atoms with E-state index < -0.39 is 0 Å². The third-order valence-electron chi connectivity index (χ3n) is 5.81. The van der Waals surface area contributed by atoms with Crippen molar-refractivity contribution in [2.45, 2.75) is 31.5 Å². The zero-order valence-corrected chi connectivity index (χ0v) is 15.8. The topological polar surface area (TPSA) is 74.2 Å². The van der Waals surface area contributed by atoms with Gasteiger partial charge in [-0.3, -0.25) is 9.88 Å². The molecular formula is C20H23N5OS. The third-order valence-corrected chi connectivity index (χ3v) is 6.83. The Bertz CT molecular complexity index is 884. The molecule has 1 aliphatic carbocycles. The Morgan fingerprint density at radius 2 is 2.00 bits per heavy atom. The molecule has 6 nitrogen and oxygen atoms in total. The fourth-order valence-corrected chi connectivity index (χ4v) is 5.56. The van der Waals surface area contributed by atoms with E-state index in [-0.39, 0.29) is 12.1 Å². The van der Waals surface area contributed by atoms with Crippen LogP contribution in [0.3, 0.4) is 0 Å². The van der Waals surface area contributed by atoms with Crippen molar-refractivity contribution in [1.82, 2.24) is 19.9 Å². The summed E-state index contributed by atoms with van der Waals surface area (Å²) in [7, 11) is 0. The maximum Gasteiger partial charge on any atom is 0.144 e. The number of thiazole rings is 1. The molecule has 1 aliphatic heterocycles. The number of nitrogens with zero attached hydrogens (tertiary/aromatic N) is 4. The summed E-state index contributed by atoms with van der Waals surface area (Å²) in [6.07, 6.45) is 6.53. The van der Waals surface area contributed by atoms with Crippen LogP contribution in [-0.2, 0) is 6.54 Å². The molecule has 3 heterocycles. The van der Waals surface area contributed by atoms with Crippen molar-refractivity contribution in [1.29, 1.82) is 0 Å². The Morgan fingerprint density at radius 3 is 2.81 bits per heavy atom. The number of aromatic nitrogens is 3. The first-order chi connectivity index (χ1) is 13.2. The monoisotopic (exact) mass is 381 g/mol. The number of rotatable bonds is 4. The first-order valence-corrected chi connectivity index (χ1v) is 10.3. The molecule has 140 valence electrons. The number of para-hydroxylation sites is 1. The third kappa shape index (κ3) is 3.54. The number of hydrogen-bond donors (Lipinski definition) is 2. The second kappa shape index (κ2) is 7.14. The van der Waals surface area contributed by atoms with Crippen molar-refractivity contribution < 1.29 is 5.11 Å². The molecule has 2 fully saturated rings. The standard InChI is InChI=1S/C20H23N5OS/c26-17-8-14-11-25(12-20-24-15-3-1-2-4-18(15)27-20)10-13(14)7-16(17)23-19-9-21-5-6-22-19/h1-6,9,13-14,16-17,26H,7-8,10-12H2,(H,22,23)/t13-,14+,16-,17-/m1/s1. The van der Waals surface area contributed by atoms with Crippen LogP contribution >= 0.6 is 11.3 Å². The number of aliphatic hydroxyl groups excluding tert-OH is 1. The van der Waals surface area contributed by atoms with E-state index >= 15 is 0 Å². The second-order valence-corrected chi connectivity index (χ2v) is 8.79. The zero-order chi connectivity index (χ0) is 18.2. The predicted octanol–water partition coefficient (Wildman–Crippen LogP) is 2.77. The Balaban J connectivity index is 1.24. The molecule has 2 aliphatic rings. The highest BCUT2D eigenvalue weighted by Crippen LogP contribution is 2.38. The smallest absolute Gasteiger partial charge is 0.144 e. The van der Waals surface area contributed by atoms with Crippen LogP contribution in [-0.4, -0.2) is 50.2 Å². The van der Waals surface area contributed by atoms with Crippen LogP contribution in [0.15, 0.2) is 42.9 Å². The molecule has 0 unspecified atom stereocenters. The highest BCUT2D eigenvalue weighted by Gasteiger charge is 2.41. The predicted molar refractivity (Wildman–Crippen MR) is 107 cm³/mol. The minimum Gasteiger partial charge on any atom is -0.391 e. The van der Waals surface area contributed by atoms with Crippen molar-refractivity contribution in [2.24, 2.45) is 11.8 Å². The largest absolute Gasteiger partial charge is 0.391 e. The van der Waals surface area contributed by atoms with Crippen LogP contribution in [0.2, 0.25) is 0 Å². The first kappa shape index (κ1) is 17.0. The number of anilines is 1. The molecule has 0 amide bonds. The molecule has 2 N–H and O–H groups in total. The fourth-order valence-electron chi connectivity index (χ4n) is 4.55. The SMILES string of the molecule is O[C@@H]1C[C@H]2CN(Cc3nc4ccccc4s3)C[C@H]2C[C@H]1Nc1cnccn1. The van der Waals surface area contributed by atoms with Gasteiger partial charge in [0.1, 0.15) is 10.8 Å². The maximum atomic E-state index is 10.6. The normalized spacial score (nSPS) is 28.3. The second-order valence-electron chi connectivity index (χ2n) is 7.67. The average molecular weight is 382 g/mol. The van der Waals surface area contributed by atoms with Gasteiger partial charge < -0.3 is 10.4 Å². The Labute approximate surface area is 162 Å². The van der Waals surface area contributed by atoms with E-state index in [1.54, 1.807) is 29.9 Å². The Morgan fingerprint density at radius 1 is 1.15 bits per heavy atom. The lowest BCUT2D eigenvalue weighted by Gasteiger charge is -2.35. The molecule has 0 spiro atoms. The van der Waals surface area contributed by atoms with Crippen LogP contribution in [0.25, 0.3) is 10.2 Å². The number of benzene rings is 1. The summed E-state index contributed by atoms with van der Waals surface area (Å²) in [6, 6.07) is 8.38. The van der Waals surface area contributed by atoms with Gasteiger partial charge in [-0.1, -0.05) is 12.1 Å². The minimum absolute atomic E-state index is 0.0466. The molecule has 0 radical (unpaired) electrons. The summed E-state index contributed by atoms with van der Waals surface area (Å²) in [6.45, 7) is 3.03. The van der Waals surface area contributed by atoms with Crippen molar-refractivity contribution in [3.63, 3.8) is 0 Å². The molecule has 3 aromatic rings. The lowest BCUT2D eigenvalue weighted by molar-refractivity contribution is 0.0735. The number of nitrogens with one attached hydrogen (secondary N) is 1. The molecule has 1 saturated carbocycles. The van der Waals surface area contributed by atoms with Crippen LogP contribution in [0.1, 0.15) is 17.8 Å². The summed E-state index contributed by atoms with van der Waals surface area (Å²) in [4.78, 5) is 15.7. The molecule has 1 saturated heterocycles. The zero-order valence-electron chi connectivity index (χ0n) is 15.0. The summed E-state index contributed by atoms with van der Waals surface area (Å²) in [5.41, 5.74) is 1.10. The van der Waals surface area contributed by atoms with Gasteiger partial charge in [0.25, 0.3) is 0 Å². The lowest BCUT2D eigenvalue weighted by atomic mass is 9.77.